The molecule has 0 radical (unpaired) electrons. The van der Waals surface area contributed by atoms with E-state index in [2.05, 4.69) is 17.1 Å². The molecule has 1 aromatic rings. The van der Waals surface area contributed by atoms with Crippen molar-refractivity contribution in [3.8, 4) is 0 Å². The number of amides is 1. The molecule has 0 unspecified atom stereocenters. The number of rotatable bonds is 2. The van der Waals surface area contributed by atoms with Crippen LogP contribution in [-0.4, -0.2) is 11.1 Å². The first-order valence-corrected chi connectivity index (χ1v) is 4.34. The number of carbonyl (C=O) groups excluding carboxylic acids is 1. The maximum atomic E-state index is 10.9. The third-order valence-electron chi connectivity index (χ3n) is 1.71. The van der Waals surface area contributed by atoms with Crippen LogP contribution in [0.5, 0.6) is 0 Å². The van der Waals surface area contributed by atoms with Gasteiger partial charge in [0.25, 0.3) is 0 Å². The summed E-state index contributed by atoms with van der Waals surface area (Å²) in [4.78, 5) is 10.9. The summed E-state index contributed by atoms with van der Waals surface area (Å²) in [6.07, 6.45) is 1.18. The van der Waals surface area contributed by atoms with Gasteiger partial charge in [-0.05, 0) is 6.08 Å². The first-order chi connectivity index (χ1) is 6.43. The van der Waals surface area contributed by atoms with Gasteiger partial charge in [0.1, 0.15) is 0 Å². The molecular formula is C10H14N2O2. The van der Waals surface area contributed by atoms with Crippen LogP contribution >= 0.6 is 0 Å². The van der Waals surface area contributed by atoms with Crippen molar-refractivity contribution in [2.24, 2.45) is 0 Å². The second-order valence-corrected chi connectivity index (χ2v) is 4.02. The van der Waals surface area contributed by atoms with Crippen LogP contribution < -0.4 is 5.32 Å². The van der Waals surface area contributed by atoms with E-state index in [0.29, 0.717) is 5.88 Å². The van der Waals surface area contributed by atoms with Crippen LogP contribution in [0.15, 0.2) is 23.2 Å². The van der Waals surface area contributed by atoms with E-state index in [0.717, 1.165) is 5.69 Å². The van der Waals surface area contributed by atoms with Gasteiger partial charge in [-0.25, -0.2) is 0 Å². The van der Waals surface area contributed by atoms with Crippen molar-refractivity contribution in [3.63, 3.8) is 0 Å². The Bertz CT molecular complexity index is 347. The molecule has 14 heavy (non-hydrogen) atoms. The molecule has 0 fully saturated rings. The highest BCUT2D eigenvalue weighted by molar-refractivity contribution is 5.97. The summed E-state index contributed by atoms with van der Waals surface area (Å²) in [5, 5.41) is 6.35. The Hall–Kier alpha value is -1.58. The van der Waals surface area contributed by atoms with Gasteiger partial charge in [-0.15, -0.1) is 0 Å². The number of nitrogens with one attached hydrogen (secondary N) is 1. The van der Waals surface area contributed by atoms with Crippen LogP contribution in [0.4, 0.5) is 5.88 Å². The summed E-state index contributed by atoms with van der Waals surface area (Å²) in [5.41, 5.74) is 0.720. The van der Waals surface area contributed by atoms with E-state index in [4.69, 9.17) is 4.52 Å². The first kappa shape index (κ1) is 10.5. The molecule has 0 saturated carbocycles. The predicted molar refractivity (Wildman–Crippen MR) is 54.0 cm³/mol. The van der Waals surface area contributed by atoms with E-state index in [1.165, 1.54) is 6.08 Å². The number of anilines is 1. The van der Waals surface area contributed by atoms with Crippen LogP contribution in [0, 0.1) is 0 Å². The van der Waals surface area contributed by atoms with Crippen molar-refractivity contribution in [1.82, 2.24) is 5.16 Å². The van der Waals surface area contributed by atoms with Crippen LogP contribution in [0.3, 0.4) is 0 Å². The lowest BCUT2D eigenvalue weighted by molar-refractivity contribution is -0.112. The molecule has 0 bridgehead atoms. The van der Waals surface area contributed by atoms with Gasteiger partial charge in [-0.1, -0.05) is 32.5 Å². The summed E-state index contributed by atoms with van der Waals surface area (Å²) >= 11 is 0. The van der Waals surface area contributed by atoms with E-state index < -0.39 is 0 Å². The lowest BCUT2D eigenvalue weighted by Gasteiger charge is -2.12. The van der Waals surface area contributed by atoms with E-state index in [9.17, 15) is 4.79 Å². The van der Waals surface area contributed by atoms with Crippen molar-refractivity contribution >= 4 is 11.8 Å². The van der Waals surface area contributed by atoms with Crippen molar-refractivity contribution in [2.45, 2.75) is 26.2 Å². The Morgan fingerprint density at radius 1 is 1.64 bits per heavy atom. The Morgan fingerprint density at radius 3 is 2.71 bits per heavy atom. The average Bonchev–Trinajstić information content (AvgIpc) is 2.51. The standard InChI is InChI=1S/C10H14N2O2/c1-5-8(13)11-9-6-7(12-14-9)10(2,3)4/h5-6H,1H2,2-4H3,(H,11,13). The second kappa shape index (κ2) is 3.65. The normalized spacial score (nSPS) is 11.1. The van der Waals surface area contributed by atoms with Crippen LogP contribution in [-0.2, 0) is 10.2 Å². The number of aromatic nitrogens is 1. The van der Waals surface area contributed by atoms with E-state index in [1.54, 1.807) is 6.07 Å². The molecule has 4 heteroatoms. The smallest absolute Gasteiger partial charge is 0.250 e. The zero-order chi connectivity index (χ0) is 10.8. The zero-order valence-electron chi connectivity index (χ0n) is 8.63. The minimum absolute atomic E-state index is 0.0827. The van der Waals surface area contributed by atoms with Gasteiger partial charge in [-0.3, -0.25) is 10.1 Å². The van der Waals surface area contributed by atoms with Crippen molar-refractivity contribution < 1.29 is 9.32 Å². The fraction of sp³-hybridized carbons (Fsp3) is 0.400. The van der Waals surface area contributed by atoms with E-state index in [-0.39, 0.29) is 11.3 Å². The minimum atomic E-state index is -0.304. The summed E-state index contributed by atoms with van der Waals surface area (Å²) in [6, 6.07) is 1.71. The van der Waals surface area contributed by atoms with Crippen molar-refractivity contribution in [2.75, 3.05) is 5.32 Å². The Balaban J connectivity index is 2.78. The number of nitrogens with zero attached hydrogens (tertiary/aromatic N) is 1. The third kappa shape index (κ3) is 2.45. The molecule has 0 aliphatic rings. The first-order valence-electron chi connectivity index (χ1n) is 4.34. The quantitative estimate of drug-likeness (QED) is 0.733. The highest BCUT2D eigenvalue weighted by atomic mass is 16.5. The fourth-order valence-corrected chi connectivity index (χ4v) is 0.860. The molecule has 1 amide bonds. The maximum absolute atomic E-state index is 10.9. The molecule has 0 aromatic carbocycles. The molecular weight excluding hydrogens is 180 g/mol. The van der Waals surface area contributed by atoms with Gasteiger partial charge in [0.05, 0.1) is 5.69 Å². The summed E-state index contributed by atoms with van der Waals surface area (Å²) in [6.45, 7) is 9.39. The Kier molecular flexibility index (Phi) is 2.74. The molecule has 0 atom stereocenters. The molecule has 4 nitrogen and oxygen atoms in total. The van der Waals surface area contributed by atoms with E-state index >= 15 is 0 Å². The summed E-state index contributed by atoms with van der Waals surface area (Å²) < 4.78 is 4.93. The topological polar surface area (TPSA) is 55.1 Å². The van der Waals surface area contributed by atoms with Gasteiger partial charge in [0.15, 0.2) is 0 Å². The molecule has 1 heterocycles. The second-order valence-electron chi connectivity index (χ2n) is 4.02. The molecule has 0 aliphatic carbocycles. The molecule has 0 aliphatic heterocycles. The van der Waals surface area contributed by atoms with Gasteiger partial charge in [0.2, 0.25) is 11.8 Å². The van der Waals surface area contributed by atoms with Gasteiger partial charge >= 0.3 is 0 Å². The lowest BCUT2D eigenvalue weighted by Crippen LogP contribution is -2.11. The summed E-state index contributed by atoms with van der Waals surface area (Å²) in [5.74, 6) is 0.0430. The summed E-state index contributed by atoms with van der Waals surface area (Å²) in [7, 11) is 0. The van der Waals surface area contributed by atoms with Crippen LogP contribution in [0.25, 0.3) is 0 Å². The minimum Gasteiger partial charge on any atom is -0.338 e. The molecule has 1 rings (SSSR count). The Labute approximate surface area is 83.0 Å². The van der Waals surface area contributed by atoms with Gasteiger partial charge < -0.3 is 4.52 Å². The molecule has 0 saturated heterocycles. The van der Waals surface area contributed by atoms with Crippen LogP contribution in [0.1, 0.15) is 26.5 Å². The maximum Gasteiger partial charge on any atom is 0.250 e. The molecule has 0 spiro atoms. The highest BCUT2D eigenvalue weighted by Crippen LogP contribution is 2.23. The molecule has 76 valence electrons. The SMILES string of the molecule is C=CC(=O)Nc1cc(C(C)(C)C)no1. The van der Waals surface area contributed by atoms with Gasteiger partial charge in [-0.2, -0.15) is 0 Å². The predicted octanol–water partition coefficient (Wildman–Crippen LogP) is 2.10. The molecule has 1 N–H and O–H groups in total. The highest BCUT2D eigenvalue weighted by Gasteiger charge is 2.19. The van der Waals surface area contributed by atoms with Crippen molar-refractivity contribution in [1.29, 1.82) is 0 Å². The fourth-order valence-electron chi connectivity index (χ4n) is 0.860. The largest absolute Gasteiger partial charge is 0.338 e. The van der Waals surface area contributed by atoms with Crippen molar-refractivity contribution in [3.05, 3.63) is 24.4 Å². The molecule has 1 aromatic heterocycles. The van der Waals surface area contributed by atoms with Gasteiger partial charge in [0, 0.05) is 11.5 Å². The number of carbonyl (C=O) groups is 1. The third-order valence-corrected chi connectivity index (χ3v) is 1.71. The Morgan fingerprint density at radius 2 is 2.29 bits per heavy atom. The van der Waals surface area contributed by atoms with E-state index in [1.807, 2.05) is 20.8 Å². The van der Waals surface area contributed by atoms with Crippen LogP contribution in [0.2, 0.25) is 0 Å². The lowest BCUT2D eigenvalue weighted by atomic mass is 9.92. The zero-order valence-corrected chi connectivity index (χ0v) is 8.63. The average molecular weight is 194 g/mol. The number of hydrogen-bond acceptors (Lipinski definition) is 3. The number of hydrogen-bond donors (Lipinski definition) is 1. The monoisotopic (exact) mass is 194 g/mol.